The number of rotatable bonds is 8. The Morgan fingerprint density at radius 1 is 1.10 bits per heavy atom. The Kier molecular flexibility index (Phi) is 6.53. The van der Waals surface area contributed by atoms with Gasteiger partial charge in [0.2, 0.25) is 0 Å². The number of carbonyl (C=O) groups excluding carboxylic acids is 1. The molecule has 0 saturated heterocycles. The highest BCUT2D eigenvalue weighted by molar-refractivity contribution is 7.94. The fraction of sp³-hybridized carbons (Fsp3) is 0.150. The molecule has 0 radical (unpaired) electrons. The molecule has 1 aromatic heterocycles. The molecule has 1 amide bonds. The molecular weight excluding hydrogens is 412 g/mol. The van der Waals surface area contributed by atoms with Crippen molar-refractivity contribution in [3.8, 4) is 5.75 Å². The molecule has 0 fully saturated rings. The standard InChI is InChI=1S/C20H20N2O5S2/c1-27-17-10-6-14(7-11-17)18(23)13-21-20(24)15-4-8-16(9-5-15)22-29(25,26)19-3-2-12-28-19/h2-12,18,22-23H,13H2,1H3,(H,21,24). The van der Waals surface area contributed by atoms with Gasteiger partial charge < -0.3 is 15.2 Å². The molecule has 2 aromatic carbocycles. The summed E-state index contributed by atoms with van der Waals surface area (Å²) >= 11 is 1.12. The Hall–Kier alpha value is -2.88. The molecule has 3 N–H and O–H groups in total. The van der Waals surface area contributed by atoms with Gasteiger partial charge in [-0.1, -0.05) is 18.2 Å². The number of aliphatic hydroxyl groups excluding tert-OH is 1. The summed E-state index contributed by atoms with van der Waals surface area (Å²) < 4.78 is 32.2. The van der Waals surface area contributed by atoms with Gasteiger partial charge in [0.25, 0.3) is 15.9 Å². The van der Waals surface area contributed by atoms with E-state index >= 15 is 0 Å². The summed E-state index contributed by atoms with van der Waals surface area (Å²) in [6, 6.07) is 16.2. The van der Waals surface area contributed by atoms with E-state index in [0.717, 1.165) is 11.3 Å². The van der Waals surface area contributed by atoms with Gasteiger partial charge in [-0.2, -0.15) is 0 Å². The number of nitrogens with one attached hydrogen (secondary N) is 2. The number of amides is 1. The molecular formula is C20H20N2O5S2. The minimum Gasteiger partial charge on any atom is -0.497 e. The highest BCUT2D eigenvalue weighted by atomic mass is 32.2. The molecule has 0 aliphatic heterocycles. The highest BCUT2D eigenvalue weighted by Gasteiger charge is 2.16. The summed E-state index contributed by atoms with van der Waals surface area (Å²) in [5, 5.41) is 14.6. The summed E-state index contributed by atoms with van der Waals surface area (Å²) in [4.78, 5) is 12.3. The molecule has 0 spiro atoms. The van der Waals surface area contributed by atoms with Crippen LogP contribution in [-0.4, -0.2) is 33.1 Å². The molecule has 0 aliphatic carbocycles. The second kappa shape index (κ2) is 9.08. The second-order valence-corrected chi connectivity index (χ2v) is 8.97. The third kappa shape index (κ3) is 5.35. The number of methoxy groups -OCH3 is 1. The highest BCUT2D eigenvalue weighted by Crippen LogP contribution is 2.21. The van der Waals surface area contributed by atoms with Crippen LogP contribution >= 0.6 is 11.3 Å². The first-order valence-corrected chi connectivity index (χ1v) is 11.0. The van der Waals surface area contributed by atoms with Gasteiger partial charge in [0.05, 0.1) is 13.2 Å². The number of carbonyl (C=O) groups is 1. The molecule has 3 aromatic rings. The van der Waals surface area contributed by atoms with E-state index in [1.54, 1.807) is 42.8 Å². The average Bonchev–Trinajstić information content (AvgIpc) is 3.28. The number of hydrogen-bond donors (Lipinski definition) is 3. The number of anilines is 1. The molecule has 9 heteroatoms. The number of hydrogen-bond acceptors (Lipinski definition) is 6. The zero-order chi connectivity index (χ0) is 20.9. The van der Waals surface area contributed by atoms with Crippen LogP contribution in [0.25, 0.3) is 0 Å². The Morgan fingerprint density at radius 2 is 1.79 bits per heavy atom. The number of aliphatic hydroxyl groups is 1. The summed E-state index contributed by atoms with van der Waals surface area (Å²) in [6.07, 6.45) is -0.860. The van der Waals surface area contributed by atoms with Crippen LogP contribution in [0.1, 0.15) is 22.0 Å². The van der Waals surface area contributed by atoms with Crippen LogP contribution in [0, 0.1) is 0 Å². The maximum atomic E-state index is 12.3. The van der Waals surface area contributed by atoms with E-state index in [4.69, 9.17) is 4.74 Å². The summed E-state index contributed by atoms with van der Waals surface area (Å²) in [6.45, 7) is 0.0396. The molecule has 1 unspecified atom stereocenters. The molecule has 1 heterocycles. The van der Waals surface area contributed by atoms with Crippen LogP contribution in [0.15, 0.2) is 70.3 Å². The molecule has 29 heavy (non-hydrogen) atoms. The van der Waals surface area contributed by atoms with E-state index in [9.17, 15) is 18.3 Å². The quantitative estimate of drug-likeness (QED) is 0.508. The van der Waals surface area contributed by atoms with Gasteiger partial charge in [-0.25, -0.2) is 8.42 Å². The Labute approximate surface area is 173 Å². The summed E-state index contributed by atoms with van der Waals surface area (Å²) in [5.41, 5.74) is 1.36. The first kappa shape index (κ1) is 20.8. The first-order valence-electron chi connectivity index (χ1n) is 8.65. The van der Waals surface area contributed by atoms with Crippen molar-refractivity contribution < 1.29 is 23.1 Å². The Morgan fingerprint density at radius 3 is 2.38 bits per heavy atom. The lowest BCUT2D eigenvalue weighted by atomic mass is 10.1. The Balaban J connectivity index is 1.57. The molecule has 152 valence electrons. The van der Waals surface area contributed by atoms with E-state index in [-0.39, 0.29) is 16.7 Å². The molecule has 0 saturated carbocycles. The van der Waals surface area contributed by atoms with E-state index in [0.29, 0.717) is 22.6 Å². The van der Waals surface area contributed by atoms with Crippen molar-refractivity contribution in [2.24, 2.45) is 0 Å². The lowest BCUT2D eigenvalue weighted by molar-refractivity contribution is 0.0916. The van der Waals surface area contributed by atoms with Crippen LogP contribution in [0.3, 0.4) is 0 Å². The summed E-state index contributed by atoms with van der Waals surface area (Å²) in [7, 11) is -2.07. The van der Waals surface area contributed by atoms with Crippen molar-refractivity contribution in [3.05, 3.63) is 77.2 Å². The normalized spacial score (nSPS) is 12.2. The maximum absolute atomic E-state index is 12.3. The van der Waals surface area contributed by atoms with Crippen LogP contribution in [0.4, 0.5) is 5.69 Å². The van der Waals surface area contributed by atoms with Crippen molar-refractivity contribution in [3.63, 3.8) is 0 Å². The van der Waals surface area contributed by atoms with Crippen molar-refractivity contribution >= 4 is 33.0 Å². The summed E-state index contributed by atoms with van der Waals surface area (Å²) in [5.74, 6) is 0.310. The van der Waals surface area contributed by atoms with Gasteiger partial charge in [0.15, 0.2) is 0 Å². The third-order valence-corrected chi connectivity index (χ3v) is 6.89. The molecule has 0 bridgehead atoms. The van der Waals surface area contributed by atoms with E-state index in [2.05, 4.69) is 10.0 Å². The lowest BCUT2D eigenvalue weighted by Crippen LogP contribution is -2.28. The topological polar surface area (TPSA) is 105 Å². The number of benzene rings is 2. The molecule has 0 aliphatic rings. The maximum Gasteiger partial charge on any atom is 0.271 e. The number of ether oxygens (including phenoxy) is 1. The van der Waals surface area contributed by atoms with Crippen molar-refractivity contribution in [1.29, 1.82) is 0 Å². The minimum atomic E-state index is -3.63. The van der Waals surface area contributed by atoms with E-state index in [1.807, 2.05) is 0 Å². The third-order valence-electron chi connectivity index (χ3n) is 4.12. The van der Waals surface area contributed by atoms with Crippen molar-refractivity contribution in [2.45, 2.75) is 10.3 Å². The second-order valence-electron chi connectivity index (χ2n) is 6.11. The first-order chi connectivity index (χ1) is 13.9. The zero-order valence-electron chi connectivity index (χ0n) is 15.5. The number of sulfonamides is 1. The fourth-order valence-electron chi connectivity index (χ4n) is 2.55. The predicted molar refractivity (Wildman–Crippen MR) is 112 cm³/mol. The van der Waals surface area contributed by atoms with Crippen molar-refractivity contribution in [1.82, 2.24) is 5.32 Å². The Bertz CT molecular complexity index is 1050. The van der Waals surface area contributed by atoms with Crippen LogP contribution in [0.2, 0.25) is 0 Å². The largest absolute Gasteiger partial charge is 0.497 e. The van der Waals surface area contributed by atoms with Crippen LogP contribution in [0.5, 0.6) is 5.75 Å². The predicted octanol–water partition coefficient (Wildman–Crippen LogP) is 3.02. The van der Waals surface area contributed by atoms with Crippen molar-refractivity contribution in [2.75, 3.05) is 18.4 Å². The van der Waals surface area contributed by atoms with Gasteiger partial charge in [-0.05, 0) is 53.4 Å². The molecule has 7 nitrogen and oxygen atoms in total. The molecule has 3 rings (SSSR count). The van der Waals surface area contributed by atoms with Crippen LogP contribution < -0.4 is 14.8 Å². The fourth-order valence-corrected chi connectivity index (χ4v) is 4.60. The lowest BCUT2D eigenvalue weighted by Gasteiger charge is -2.13. The van der Waals surface area contributed by atoms with E-state index < -0.39 is 16.1 Å². The average molecular weight is 433 g/mol. The van der Waals surface area contributed by atoms with Gasteiger partial charge in [-0.15, -0.1) is 11.3 Å². The number of thiophene rings is 1. The zero-order valence-corrected chi connectivity index (χ0v) is 17.2. The smallest absolute Gasteiger partial charge is 0.271 e. The van der Waals surface area contributed by atoms with Gasteiger partial charge in [-0.3, -0.25) is 9.52 Å². The van der Waals surface area contributed by atoms with Crippen LogP contribution in [-0.2, 0) is 10.0 Å². The van der Waals surface area contributed by atoms with Gasteiger partial charge in [0.1, 0.15) is 9.96 Å². The van der Waals surface area contributed by atoms with Gasteiger partial charge >= 0.3 is 0 Å². The SMILES string of the molecule is COc1ccc(C(O)CNC(=O)c2ccc(NS(=O)(=O)c3cccs3)cc2)cc1. The molecule has 1 atom stereocenters. The monoisotopic (exact) mass is 432 g/mol. The van der Waals surface area contributed by atoms with E-state index in [1.165, 1.54) is 30.3 Å². The van der Waals surface area contributed by atoms with Gasteiger partial charge in [0, 0.05) is 17.8 Å². The minimum absolute atomic E-state index is 0.0396.